The molecule has 1 unspecified atom stereocenters. The molecule has 1 heterocycles. The molecule has 0 spiro atoms. The van der Waals surface area contributed by atoms with Crippen LogP contribution < -0.4 is 0 Å². The number of thiophene rings is 1. The third kappa shape index (κ3) is 5.41. The van der Waals surface area contributed by atoms with E-state index in [1.165, 1.54) is 17.7 Å². The zero-order valence-corrected chi connectivity index (χ0v) is 12.2. The minimum absolute atomic E-state index is 0.187. The van der Waals surface area contributed by atoms with Crippen LogP contribution >= 0.6 is 22.9 Å². The maximum Gasteiger partial charge on any atom is 0.0931 e. The standard InChI is InChI=1S/C14H22ClOS/c1-3-5-7-10-16-13(8-6-4-2)14-12(15)9-11-17-14/h9,11,13H,1,3-8,10H2,2H3. The highest BCUT2D eigenvalue weighted by Crippen LogP contribution is 2.34. The first-order valence-corrected chi connectivity index (χ1v) is 7.69. The smallest absolute Gasteiger partial charge is 0.0931 e. The predicted molar refractivity (Wildman–Crippen MR) is 76.8 cm³/mol. The molecule has 0 N–H and O–H groups in total. The maximum atomic E-state index is 6.17. The summed E-state index contributed by atoms with van der Waals surface area (Å²) in [5.41, 5.74) is 0. The minimum Gasteiger partial charge on any atom is -0.373 e. The highest BCUT2D eigenvalue weighted by atomic mass is 35.5. The lowest BCUT2D eigenvalue weighted by atomic mass is 10.1. The molecule has 17 heavy (non-hydrogen) atoms. The molecule has 1 radical (unpaired) electrons. The summed E-state index contributed by atoms with van der Waals surface area (Å²) < 4.78 is 5.97. The maximum absolute atomic E-state index is 6.17. The third-order valence-electron chi connectivity index (χ3n) is 2.72. The molecule has 1 rings (SSSR count). The fourth-order valence-corrected chi connectivity index (χ4v) is 2.98. The number of halogens is 1. The van der Waals surface area contributed by atoms with Crippen molar-refractivity contribution in [3.05, 3.63) is 28.3 Å². The molecule has 0 aromatic carbocycles. The Balaban J connectivity index is 2.46. The first kappa shape index (κ1) is 15.0. The monoisotopic (exact) mass is 273 g/mol. The molecular formula is C14H22ClOS. The van der Waals surface area contributed by atoms with Gasteiger partial charge in [-0.2, -0.15) is 0 Å². The first-order chi connectivity index (χ1) is 8.29. The van der Waals surface area contributed by atoms with Crippen LogP contribution in [0.4, 0.5) is 0 Å². The summed E-state index contributed by atoms with van der Waals surface area (Å²) in [7, 11) is 0. The van der Waals surface area contributed by atoms with Gasteiger partial charge in [-0.15, -0.1) is 11.3 Å². The topological polar surface area (TPSA) is 9.23 Å². The fraction of sp³-hybridized carbons (Fsp3) is 0.643. The fourth-order valence-electron chi connectivity index (χ4n) is 1.72. The van der Waals surface area contributed by atoms with Gasteiger partial charge >= 0.3 is 0 Å². The summed E-state index contributed by atoms with van der Waals surface area (Å²) in [6, 6.07) is 1.96. The van der Waals surface area contributed by atoms with Crippen molar-refractivity contribution in [3.63, 3.8) is 0 Å². The van der Waals surface area contributed by atoms with Crippen LogP contribution in [0.25, 0.3) is 0 Å². The van der Waals surface area contributed by atoms with Gasteiger partial charge in [0.25, 0.3) is 0 Å². The predicted octanol–water partition coefficient (Wildman–Crippen LogP) is 5.65. The molecule has 97 valence electrons. The van der Waals surface area contributed by atoms with Crippen LogP contribution in [0.1, 0.15) is 56.4 Å². The highest BCUT2D eigenvalue weighted by Gasteiger charge is 2.16. The molecule has 0 fully saturated rings. The van der Waals surface area contributed by atoms with Crippen molar-refractivity contribution in [3.8, 4) is 0 Å². The van der Waals surface area contributed by atoms with E-state index in [9.17, 15) is 0 Å². The van der Waals surface area contributed by atoms with Crippen LogP contribution in [-0.2, 0) is 4.74 Å². The Bertz CT molecular complexity index is 298. The Labute approximate surface area is 114 Å². The van der Waals surface area contributed by atoms with Gasteiger partial charge in [-0.25, -0.2) is 0 Å². The number of unbranched alkanes of at least 4 members (excludes halogenated alkanes) is 3. The van der Waals surface area contributed by atoms with E-state index >= 15 is 0 Å². The second-order valence-electron chi connectivity index (χ2n) is 4.20. The van der Waals surface area contributed by atoms with E-state index in [1.54, 1.807) is 11.3 Å². The summed E-state index contributed by atoms with van der Waals surface area (Å²) >= 11 is 7.88. The SMILES string of the molecule is [CH2]CCCCOC(CCCC)c1sccc1Cl. The zero-order chi connectivity index (χ0) is 12.5. The van der Waals surface area contributed by atoms with Gasteiger partial charge in [0.2, 0.25) is 0 Å². The van der Waals surface area contributed by atoms with Crippen molar-refractivity contribution in [2.24, 2.45) is 0 Å². The summed E-state index contributed by atoms with van der Waals surface area (Å²) in [6.45, 7) is 6.86. The van der Waals surface area contributed by atoms with Crippen LogP contribution in [0, 0.1) is 6.92 Å². The van der Waals surface area contributed by atoms with E-state index in [0.29, 0.717) is 0 Å². The summed E-state index contributed by atoms with van der Waals surface area (Å²) in [5, 5.41) is 2.89. The number of ether oxygens (including phenoxy) is 1. The first-order valence-electron chi connectivity index (χ1n) is 6.43. The van der Waals surface area contributed by atoms with Crippen LogP contribution in [0.15, 0.2) is 11.4 Å². The lowest BCUT2D eigenvalue weighted by Crippen LogP contribution is -2.05. The van der Waals surface area contributed by atoms with Crippen LogP contribution in [-0.4, -0.2) is 6.61 Å². The van der Waals surface area contributed by atoms with Crippen LogP contribution in [0.3, 0.4) is 0 Å². The minimum atomic E-state index is 0.187. The Hall–Kier alpha value is -0.0500. The van der Waals surface area contributed by atoms with E-state index in [0.717, 1.165) is 37.3 Å². The Morgan fingerprint density at radius 3 is 2.82 bits per heavy atom. The van der Waals surface area contributed by atoms with E-state index in [-0.39, 0.29) is 6.10 Å². The zero-order valence-electron chi connectivity index (χ0n) is 10.6. The van der Waals surface area contributed by atoms with Gasteiger partial charge in [0.1, 0.15) is 0 Å². The average Bonchev–Trinajstić information content (AvgIpc) is 2.75. The Morgan fingerprint density at radius 2 is 2.24 bits per heavy atom. The van der Waals surface area contributed by atoms with Crippen molar-refractivity contribution in [1.29, 1.82) is 0 Å². The molecule has 0 bridgehead atoms. The normalized spacial score (nSPS) is 12.9. The van der Waals surface area contributed by atoms with Crippen molar-refractivity contribution >= 4 is 22.9 Å². The van der Waals surface area contributed by atoms with Gasteiger partial charge in [0.05, 0.1) is 16.0 Å². The average molecular weight is 274 g/mol. The summed E-state index contributed by atoms with van der Waals surface area (Å²) in [4.78, 5) is 1.19. The van der Waals surface area contributed by atoms with Gasteiger partial charge in [-0.05, 0) is 24.3 Å². The molecule has 1 aromatic rings. The van der Waals surface area contributed by atoms with Crippen LogP contribution in [0.2, 0.25) is 5.02 Å². The molecule has 0 saturated carbocycles. The Morgan fingerprint density at radius 1 is 1.41 bits per heavy atom. The molecule has 0 aliphatic rings. The molecule has 1 atom stereocenters. The third-order valence-corrected chi connectivity index (χ3v) is 4.17. The van der Waals surface area contributed by atoms with Crippen molar-refractivity contribution in [2.75, 3.05) is 6.61 Å². The summed E-state index contributed by atoms with van der Waals surface area (Å²) in [5.74, 6) is 0. The lowest BCUT2D eigenvalue weighted by molar-refractivity contribution is 0.0452. The van der Waals surface area contributed by atoms with Crippen LogP contribution in [0.5, 0.6) is 0 Å². The second kappa shape index (κ2) is 8.96. The number of rotatable bonds is 9. The number of hydrogen-bond acceptors (Lipinski definition) is 2. The van der Waals surface area contributed by atoms with Crippen molar-refractivity contribution in [1.82, 2.24) is 0 Å². The largest absolute Gasteiger partial charge is 0.373 e. The van der Waals surface area contributed by atoms with Gasteiger partial charge in [-0.3, -0.25) is 0 Å². The second-order valence-corrected chi connectivity index (χ2v) is 5.55. The van der Waals surface area contributed by atoms with E-state index in [2.05, 4.69) is 13.8 Å². The molecule has 1 aromatic heterocycles. The summed E-state index contributed by atoms with van der Waals surface area (Å²) in [6.07, 6.45) is 6.86. The molecule has 0 aliphatic carbocycles. The van der Waals surface area contributed by atoms with Crippen molar-refractivity contribution in [2.45, 2.75) is 51.6 Å². The Kier molecular flexibility index (Phi) is 7.91. The van der Waals surface area contributed by atoms with Gasteiger partial charge < -0.3 is 4.74 Å². The van der Waals surface area contributed by atoms with Crippen molar-refractivity contribution < 1.29 is 4.74 Å². The molecule has 0 amide bonds. The molecule has 3 heteroatoms. The lowest BCUT2D eigenvalue weighted by Gasteiger charge is -2.17. The molecule has 0 saturated heterocycles. The molecule has 1 nitrogen and oxygen atoms in total. The van der Waals surface area contributed by atoms with Gasteiger partial charge in [-0.1, -0.05) is 51.1 Å². The van der Waals surface area contributed by atoms with E-state index < -0.39 is 0 Å². The molecule has 0 aliphatic heterocycles. The van der Waals surface area contributed by atoms with E-state index in [1.807, 2.05) is 11.4 Å². The number of hydrogen-bond donors (Lipinski definition) is 0. The van der Waals surface area contributed by atoms with Gasteiger partial charge in [0.15, 0.2) is 0 Å². The quantitative estimate of drug-likeness (QED) is 0.528. The van der Waals surface area contributed by atoms with Gasteiger partial charge in [0, 0.05) is 6.61 Å². The highest BCUT2D eigenvalue weighted by molar-refractivity contribution is 7.10. The van der Waals surface area contributed by atoms with E-state index in [4.69, 9.17) is 16.3 Å². The molecular weight excluding hydrogens is 252 g/mol.